The predicted molar refractivity (Wildman–Crippen MR) is 86.3 cm³/mol. The fourth-order valence-electron chi connectivity index (χ4n) is 2.67. The summed E-state index contributed by atoms with van der Waals surface area (Å²) < 4.78 is 0. The first-order valence-corrected chi connectivity index (χ1v) is 8.17. The number of hydrogen-bond acceptors (Lipinski definition) is 4. The van der Waals surface area contributed by atoms with Crippen molar-refractivity contribution in [2.24, 2.45) is 0 Å². The van der Waals surface area contributed by atoms with Crippen molar-refractivity contribution < 1.29 is 14.7 Å². The number of carbonyl (C=O) groups is 2. The van der Waals surface area contributed by atoms with E-state index in [1.807, 2.05) is 31.2 Å². The van der Waals surface area contributed by atoms with Crippen molar-refractivity contribution in [1.29, 1.82) is 0 Å². The monoisotopic (exact) mass is 316 g/mol. The number of rotatable bonds is 3. The fourth-order valence-corrected chi connectivity index (χ4v) is 3.99. The molecule has 3 rings (SSSR count). The number of thioether (sulfide) groups is 1. The van der Waals surface area contributed by atoms with E-state index in [1.54, 1.807) is 17.8 Å². The van der Waals surface area contributed by atoms with E-state index < -0.39 is 11.5 Å². The van der Waals surface area contributed by atoms with Crippen LogP contribution < -0.4 is 5.32 Å². The van der Waals surface area contributed by atoms with Crippen molar-refractivity contribution in [3.05, 3.63) is 41.6 Å². The molecule has 1 aromatic carbocycles. The van der Waals surface area contributed by atoms with Gasteiger partial charge < -0.3 is 10.4 Å². The summed E-state index contributed by atoms with van der Waals surface area (Å²) in [5.74, 6) is -0.189. The van der Waals surface area contributed by atoms with Crippen LogP contribution in [0.2, 0.25) is 0 Å². The number of hydrogen-bond donors (Lipinski definition) is 2. The zero-order valence-corrected chi connectivity index (χ0v) is 12.9. The molecule has 1 aromatic heterocycles. The molecule has 1 fully saturated rings. The number of amides is 1. The van der Waals surface area contributed by atoms with Gasteiger partial charge in [0.2, 0.25) is 0 Å². The number of aromatic nitrogens is 1. The molecule has 1 saturated heterocycles. The van der Waals surface area contributed by atoms with E-state index in [0.717, 1.165) is 22.3 Å². The molecule has 2 heterocycles. The Bertz CT molecular complexity index is 754. The van der Waals surface area contributed by atoms with Crippen LogP contribution in [0.1, 0.15) is 22.5 Å². The third-order valence-electron chi connectivity index (χ3n) is 3.87. The van der Waals surface area contributed by atoms with Crippen LogP contribution in [0.4, 0.5) is 0 Å². The van der Waals surface area contributed by atoms with Crippen LogP contribution in [0.25, 0.3) is 10.9 Å². The number of carbonyl (C=O) groups excluding carboxylic acids is 1. The van der Waals surface area contributed by atoms with Gasteiger partial charge in [0, 0.05) is 16.8 Å². The fraction of sp³-hybridized carbons (Fsp3) is 0.312. The Morgan fingerprint density at radius 1 is 1.36 bits per heavy atom. The minimum atomic E-state index is -1.17. The van der Waals surface area contributed by atoms with Gasteiger partial charge in [0.15, 0.2) is 0 Å². The van der Waals surface area contributed by atoms with E-state index in [0.29, 0.717) is 17.7 Å². The van der Waals surface area contributed by atoms with Crippen LogP contribution >= 0.6 is 11.8 Å². The molecular formula is C16H16N2O3S. The largest absolute Gasteiger partial charge is 0.479 e. The zero-order valence-electron chi connectivity index (χ0n) is 12.1. The summed E-state index contributed by atoms with van der Waals surface area (Å²) in [6, 6.07) is 9.08. The van der Waals surface area contributed by atoms with Gasteiger partial charge in [-0.3, -0.25) is 9.78 Å². The molecule has 1 aliphatic rings. The van der Waals surface area contributed by atoms with Crippen LogP contribution in [-0.2, 0) is 4.79 Å². The minimum absolute atomic E-state index is 0.355. The number of pyridine rings is 1. The number of aryl methyl sites for hydroxylation is 1. The topological polar surface area (TPSA) is 79.3 Å². The smallest absolute Gasteiger partial charge is 0.330 e. The minimum Gasteiger partial charge on any atom is -0.479 e. The van der Waals surface area contributed by atoms with Crippen LogP contribution in [-0.4, -0.2) is 39.0 Å². The predicted octanol–water partition coefficient (Wildman–Crippen LogP) is 2.23. The van der Waals surface area contributed by atoms with Gasteiger partial charge in [-0.2, -0.15) is 11.8 Å². The van der Waals surface area contributed by atoms with Gasteiger partial charge in [-0.05, 0) is 31.2 Å². The highest BCUT2D eigenvalue weighted by Gasteiger charge is 2.43. The summed E-state index contributed by atoms with van der Waals surface area (Å²) in [6.45, 7) is 1.82. The van der Waals surface area contributed by atoms with Gasteiger partial charge in [-0.1, -0.05) is 18.2 Å². The van der Waals surface area contributed by atoms with Gasteiger partial charge >= 0.3 is 5.97 Å². The number of benzene rings is 1. The van der Waals surface area contributed by atoms with E-state index in [2.05, 4.69) is 10.3 Å². The number of fused-ring (bicyclic) bond motifs is 1. The molecular weight excluding hydrogens is 300 g/mol. The van der Waals surface area contributed by atoms with E-state index >= 15 is 0 Å². The summed E-state index contributed by atoms with van der Waals surface area (Å²) in [6.07, 6.45) is 0.445. The number of carboxylic acids is 1. The summed E-state index contributed by atoms with van der Waals surface area (Å²) in [5.41, 5.74) is 0.771. The van der Waals surface area contributed by atoms with Crippen molar-refractivity contribution in [1.82, 2.24) is 10.3 Å². The van der Waals surface area contributed by atoms with E-state index in [4.69, 9.17) is 0 Å². The molecule has 0 saturated carbocycles. The molecule has 2 aromatic rings. The second-order valence-electron chi connectivity index (χ2n) is 5.47. The number of aliphatic carboxylic acids is 1. The van der Waals surface area contributed by atoms with Gasteiger partial charge in [0.25, 0.3) is 5.91 Å². The first-order valence-electron chi connectivity index (χ1n) is 7.02. The van der Waals surface area contributed by atoms with Gasteiger partial charge in [-0.25, -0.2) is 4.79 Å². The third kappa shape index (κ3) is 2.54. The van der Waals surface area contributed by atoms with Gasteiger partial charge in [0.05, 0.1) is 11.1 Å². The lowest BCUT2D eigenvalue weighted by molar-refractivity contribution is -0.143. The second-order valence-corrected chi connectivity index (χ2v) is 6.58. The summed E-state index contributed by atoms with van der Waals surface area (Å²) in [5, 5.41) is 13.0. The van der Waals surface area contributed by atoms with E-state index in [1.165, 1.54) is 0 Å². The number of nitrogens with one attached hydrogen (secondary N) is 1. The maximum atomic E-state index is 12.7. The molecule has 0 aliphatic carbocycles. The van der Waals surface area contributed by atoms with Crippen molar-refractivity contribution in [3.8, 4) is 0 Å². The molecule has 0 bridgehead atoms. The Balaban J connectivity index is 2.00. The average Bonchev–Trinajstić information content (AvgIpc) is 2.96. The summed E-state index contributed by atoms with van der Waals surface area (Å²) >= 11 is 1.55. The van der Waals surface area contributed by atoms with Gasteiger partial charge in [-0.15, -0.1) is 0 Å². The highest BCUT2D eigenvalue weighted by Crippen LogP contribution is 2.29. The molecule has 0 spiro atoms. The van der Waals surface area contributed by atoms with Crippen LogP contribution in [0, 0.1) is 6.92 Å². The van der Waals surface area contributed by atoms with Gasteiger partial charge in [0.1, 0.15) is 5.54 Å². The summed E-state index contributed by atoms with van der Waals surface area (Å²) in [7, 11) is 0. The number of para-hydroxylation sites is 1. The lowest BCUT2D eigenvalue weighted by atomic mass is 9.97. The molecule has 1 aliphatic heterocycles. The Hall–Kier alpha value is -2.08. The number of carboxylic acid groups (broad SMARTS) is 1. The highest BCUT2D eigenvalue weighted by atomic mass is 32.2. The van der Waals surface area contributed by atoms with Crippen molar-refractivity contribution in [2.75, 3.05) is 11.5 Å². The van der Waals surface area contributed by atoms with Crippen molar-refractivity contribution in [2.45, 2.75) is 18.9 Å². The normalized spacial score (nSPS) is 21.0. The number of nitrogens with zero attached hydrogens (tertiary/aromatic N) is 1. The molecule has 0 radical (unpaired) electrons. The quantitative estimate of drug-likeness (QED) is 0.908. The van der Waals surface area contributed by atoms with Crippen LogP contribution in [0.3, 0.4) is 0 Å². The molecule has 5 nitrogen and oxygen atoms in total. The molecule has 0 unspecified atom stereocenters. The third-order valence-corrected chi connectivity index (χ3v) is 5.06. The molecule has 1 amide bonds. The maximum absolute atomic E-state index is 12.7. The Kier molecular flexibility index (Phi) is 3.78. The standard InChI is InChI=1S/C16H16N2O3S/c1-10-8-12(11-4-2-3-5-13(11)17-10)14(19)18-16(15(20)21)6-7-22-9-16/h2-5,8H,6-7,9H2,1H3,(H,18,19)(H,20,21)/t16-/m1/s1. The molecule has 22 heavy (non-hydrogen) atoms. The van der Waals surface area contributed by atoms with Crippen molar-refractivity contribution in [3.63, 3.8) is 0 Å². The summed E-state index contributed by atoms with van der Waals surface area (Å²) in [4.78, 5) is 28.6. The highest BCUT2D eigenvalue weighted by molar-refractivity contribution is 7.99. The lowest BCUT2D eigenvalue weighted by Gasteiger charge is -2.25. The maximum Gasteiger partial charge on any atom is 0.330 e. The molecule has 1 atom stereocenters. The Morgan fingerprint density at radius 3 is 2.82 bits per heavy atom. The molecule has 6 heteroatoms. The first kappa shape index (κ1) is 14.8. The SMILES string of the molecule is Cc1cc(C(=O)N[C@]2(C(=O)O)CCSC2)c2ccccc2n1. The average molecular weight is 316 g/mol. The van der Waals surface area contributed by atoms with Crippen LogP contribution in [0.5, 0.6) is 0 Å². The zero-order chi connectivity index (χ0) is 15.7. The van der Waals surface area contributed by atoms with E-state index in [9.17, 15) is 14.7 Å². The Morgan fingerprint density at radius 2 is 2.14 bits per heavy atom. The first-order chi connectivity index (χ1) is 10.5. The second kappa shape index (κ2) is 5.61. The van der Waals surface area contributed by atoms with Crippen molar-refractivity contribution >= 4 is 34.5 Å². The van der Waals surface area contributed by atoms with E-state index in [-0.39, 0.29) is 5.91 Å². The molecule has 114 valence electrons. The molecule has 2 N–H and O–H groups in total. The van der Waals surface area contributed by atoms with Crippen LogP contribution in [0.15, 0.2) is 30.3 Å². The Labute approximate surface area is 132 Å². The lowest BCUT2D eigenvalue weighted by Crippen LogP contribution is -2.54.